The average Bonchev–Trinajstić information content (AvgIpc) is 2.60. The van der Waals surface area contributed by atoms with E-state index in [2.05, 4.69) is 5.32 Å². The minimum absolute atomic E-state index is 0.182. The van der Waals surface area contributed by atoms with Crippen LogP contribution >= 0.6 is 0 Å². The van der Waals surface area contributed by atoms with Gasteiger partial charge in [-0.05, 0) is 32.6 Å². The summed E-state index contributed by atoms with van der Waals surface area (Å²) >= 11 is 0. The van der Waals surface area contributed by atoms with E-state index in [0.29, 0.717) is 58.5 Å². The lowest BCUT2D eigenvalue weighted by molar-refractivity contribution is -0.118. The number of nitrogens with zero attached hydrogens (tertiary/aromatic N) is 1. The molecular formula is C17H30F2N2O4. The number of morpholine rings is 1. The molecule has 6 nitrogen and oxygen atoms in total. The zero-order valence-corrected chi connectivity index (χ0v) is 15.4. The minimum atomic E-state index is -2.28. The van der Waals surface area contributed by atoms with E-state index in [0.717, 1.165) is 0 Å². The molecule has 25 heavy (non-hydrogen) atoms. The number of carbonyl (C=O) groups excluding carboxylic acids is 1. The van der Waals surface area contributed by atoms with Gasteiger partial charge in [-0.25, -0.2) is 13.6 Å². The van der Waals surface area contributed by atoms with Crippen LogP contribution in [0.4, 0.5) is 13.6 Å². The van der Waals surface area contributed by atoms with Crippen LogP contribution in [0.3, 0.4) is 0 Å². The Morgan fingerprint density at radius 1 is 1.36 bits per heavy atom. The van der Waals surface area contributed by atoms with E-state index >= 15 is 0 Å². The van der Waals surface area contributed by atoms with Crippen molar-refractivity contribution in [2.24, 2.45) is 5.92 Å². The van der Waals surface area contributed by atoms with Crippen LogP contribution in [0.5, 0.6) is 0 Å². The molecule has 1 saturated carbocycles. The molecule has 2 amide bonds. The van der Waals surface area contributed by atoms with Crippen molar-refractivity contribution in [1.29, 1.82) is 0 Å². The van der Waals surface area contributed by atoms with Gasteiger partial charge in [-0.2, -0.15) is 0 Å². The van der Waals surface area contributed by atoms with Gasteiger partial charge < -0.3 is 24.4 Å². The number of rotatable bonds is 6. The molecule has 0 aromatic carbocycles. The largest absolute Gasteiger partial charge is 0.382 e. The van der Waals surface area contributed by atoms with Gasteiger partial charge in [-0.3, -0.25) is 0 Å². The molecule has 1 aliphatic heterocycles. The summed E-state index contributed by atoms with van der Waals surface area (Å²) < 4.78 is 42.1. The maximum Gasteiger partial charge on any atom is 0.317 e. The Morgan fingerprint density at radius 3 is 2.60 bits per heavy atom. The van der Waals surface area contributed by atoms with Crippen molar-refractivity contribution >= 4 is 6.03 Å². The maximum absolute atomic E-state index is 12.8. The first-order chi connectivity index (χ1) is 11.8. The number of methoxy groups -OCH3 is 2. The monoisotopic (exact) mass is 364 g/mol. The van der Waals surface area contributed by atoms with E-state index in [9.17, 15) is 13.6 Å². The Balaban J connectivity index is 1.86. The van der Waals surface area contributed by atoms with Gasteiger partial charge in [0.1, 0.15) is 5.60 Å². The van der Waals surface area contributed by atoms with Crippen LogP contribution < -0.4 is 5.32 Å². The van der Waals surface area contributed by atoms with Crippen molar-refractivity contribution in [3.8, 4) is 0 Å². The van der Waals surface area contributed by atoms with Crippen molar-refractivity contribution in [1.82, 2.24) is 10.2 Å². The Morgan fingerprint density at radius 2 is 2.04 bits per heavy atom. The van der Waals surface area contributed by atoms with E-state index in [1.165, 1.54) is 0 Å². The van der Waals surface area contributed by atoms with Gasteiger partial charge in [-0.1, -0.05) is 0 Å². The molecule has 2 rings (SSSR count). The molecule has 1 unspecified atom stereocenters. The van der Waals surface area contributed by atoms with E-state index in [1.807, 2.05) is 6.92 Å². The Labute approximate surface area is 148 Å². The van der Waals surface area contributed by atoms with Crippen molar-refractivity contribution in [2.45, 2.75) is 50.2 Å². The molecular weight excluding hydrogens is 334 g/mol. The van der Waals surface area contributed by atoms with Crippen LogP contribution in [-0.2, 0) is 14.2 Å². The first-order valence-corrected chi connectivity index (χ1v) is 8.82. The van der Waals surface area contributed by atoms with E-state index in [1.54, 1.807) is 19.1 Å². The van der Waals surface area contributed by atoms with Crippen molar-refractivity contribution in [2.75, 3.05) is 47.1 Å². The lowest BCUT2D eigenvalue weighted by atomic mass is 9.78. The minimum Gasteiger partial charge on any atom is -0.382 e. The average molecular weight is 364 g/mol. The zero-order chi connectivity index (χ0) is 18.5. The number of urea groups is 1. The summed E-state index contributed by atoms with van der Waals surface area (Å²) in [6.45, 7) is 4.07. The van der Waals surface area contributed by atoms with E-state index in [-0.39, 0.29) is 6.03 Å². The fourth-order valence-corrected chi connectivity index (χ4v) is 3.72. The summed E-state index contributed by atoms with van der Waals surface area (Å²) in [5.74, 6) is -0.562. The van der Waals surface area contributed by atoms with Gasteiger partial charge >= 0.3 is 6.03 Å². The highest BCUT2D eigenvalue weighted by atomic mass is 19.3. The Hall–Kier alpha value is -0.990. The molecule has 8 heteroatoms. The molecule has 2 fully saturated rings. The molecule has 1 atom stereocenters. The lowest BCUT2D eigenvalue weighted by Gasteiger charge is -2.42. The Kier molecular flexibility index (Phi) is 6.99. The molecule has 146 valence electrons. The number of amides is 2. The van der Waals surface area contributed by atoms with Crippen LogP contribution in [-0.4, -0.2) is 75.6 Å². The summed E-state index contributed by atoms with van der Waals surface area (Å²) in [5.41, 5.74) is -1.07. The first-order valence-electron chi connectivity index (χ1n) is 8.82. The lowest BCUT2D eigenvalue weighted by Crippen LogP contribution is -2.58. The van der Waals surface area contributed by atoms with Crippen LogP contribution in [0.25, 0.3) is 0 Å². The predicted molar refractivity (Wildman–Crippen MR) is 88.9 cm³/mol. The van der Waals surface area contributed by atoms with Crippen molar-refractivity contribution in [3.63, 3.8) is 0 Å². The van der Waals surface area contributed by atoms with E-state index in [4.69, 9.17) is 14.2 Å². The summed E-state index contributed by atoms with van der Waals surface area (Å²) in [7, 11) is 3.19. The molecule has 0 radical (unpaired) electrons. The van der Waals surface area contributed by atoms with Crippen molar-refractivity contribution < 1.29 is 27.8 Å². The first kappa shape index (κ1) is 20.3. The molecule has 1 aliphatic carbocycles. The summed E-state index contributed by atoms with van der Waals surface area (Å²) in [5, 5.41) is 2.92. The van der Waals surface area contributed by atoms with Gasteiger partial charge in [0.15, 0.2) is 0 Å². The zero-order valence-electron chi connectivity index (χ0n) is 15.4. The molecule has 1 N–H and O–H groups in total. The number of carbonyl (C=O) groups is 1. The highest BCUT2D eigenvalue weighted by Crippen LogP contribution is 2.37. The van der Waals surface area contributed by atoms with Crippen LogP contribution in [0.1, 0.15) is 32.6 Å². The quantitative estimate of drug-likeness (QED) is 0.786. The van der Waals surface area contributed by atoms with Gasteiger partial charge in [-0.15, -0.1) is 0 Å². The van der Waals surface area contributed by atoms with Gasteiger partial charge in [0, 0.05) is 33.2 Å². The summed E-state index contributed by atoms with van der Waals surface area (Å²) in [4.78, 5) is 14.2. The molecule has 1 saturated heterocycles. The van der Waals surface area contributed by atoms with Crippen molar-refractivity contribution in [3.05, 3.63) is 0 Å². The second-order valence-corrected chi connectivity index (χ2v) is 7.37. The third-order valence-corrected chi connectivity index (χ3v) is 5.37. The topological polar surface area (TPSA) is 60.0 Å². The van der Waals surface area contributed by atoms with Crippen LogP contribution in [0, 0.1) is 5.92 Å². The smallest absolute Gasteiger partial charge is 0.317 e. The number of nitrogens with one attached hydrogen (secondary N) is 1. The standard InChI is InChI=1S/C17H30F2N2O4/c1-16(12-23-2)11-21(8-9-25-16)15(22)20-10-17(24-3)6-4-13(5-7-17)14(18)19/h13-14H,4-12H2,1-3H3,(H,20,22). The van der Waals surface area contributed by atoms with Gasteiger partial charge in [0.05, 0.1) is 25.4 Å². The molecule has 2 aliphatic rings. The molecule has 0 aromatic rings. The number of halogens is 2. The molecule has 0 aromatic heterocycles. The highest BCUT2D eigenvalue weighted by molar-refractivity contribution is 5.74. The molecule has 0 bridgehead atoms. The van der Waals surface area contributed by atoms with Gasteiger partial charge in [0.25, 0.3) is 0 Å². The van der Waals surface area contributed by atoms with Gasteiger partial charge in [0.2, 0.25) is 6.43 Å². The number of alkyl halides is 2. The summed E-state index contributed by atoms with van der Waals surface area (Å²) in [6, 6.07) is -0.182. The summed E-state index contributed by atoms with van der Waals surface area (Å²) in [6.07, 6.45) is -0.376. The third kappa shape index (κ3) is 5.24. The fraction of sp³-hybridized carbons (Fsp3) is 0.941. The predicted octanol–water partition coefficient (Wildman–Crippen LogP) is 2.27. The second kappa shape index (κ2) is 8.60. The normalized spacial score (nSPS) is 33.5. The van der Waals surface area contributed by atoms with Crippen LogP contribution in [0.15, 0.2) is 0 Å². The van der Waals surface area contributed by atoms with Crippen LogP contribution in [0.2, 0.25) is 0 Å². The third-order valence-electron chi connectivity index (χ3n) is 5.37. The fourth-order valence-electron chi connectivity index (χ4n) is 3.72. The SMILES string of the molecule is COCC1(C)CN(C(=O)NCC2(OC)CCC(C(F)F)CC2)CCO1. The number of hydrogen-bond acceptors (Lipinski definition) is 4. The molecule has 1 heterocycles. The highest BCUT2D eigenvalue weighted by Gasteiger charge is 2.39. The second-order valence-electron chi connectivity index (χ2n) is 7.37. The number of hydrogen-bond donors (Lipinski definition) is 1. The maximum atomic E-state index is 12.8. The number of ether oxygens (including phenoxy) is 3. The molecule has 0 spiro atoms. The van der Waals surface area contributed by atoms with E-state index < -0.39 is 23.5 Å². The Bertz CT molecular complexity index is 440.